The largest absolute Gasteiger partial charge is 0.426 e. The van der Waals surface area contributed by atoms with Crippen LogP contribution in [-0.4, -0.2) is 30.2 Å². The fourth-order valence-corrected chi connectivity index (χ4v) is 6.31. The molecular weight excluding hydrogens is 456 g/mol. The van der Waals surface area contributed by atoms with Crippen LogP contribution in [0.25, 0.3) is 0 Å². The average Bonchev–Trinajstić information content (AvgIpc) is 3.64. The van der Waals surface area contributed by atoms with Crippen molar-refractivity contribution >= 4 is 35.1 Å². The van der Waals surface area contributed by atoms with Gasteiger partial charge >= 0.3 is 5.97 Å². The van der Waals surface area contributed by atoms with E-state index < -0.39 is 11.9 Å². The van der Waals surface area contributed by atoms with Gasteiger partial charge in [-0.1, -0.05) is 31.2 Å². The van der Waals surface area contributed by atoms with Crippen molar-refractivity contribution in [2.75, 3.05) is 16.3 Å². The van der Waals surface area contributed by atoms with Crippen LogP contribution in [-0.2, 0) is 25.6 Å². The lowest BCUT2D eigenvalue weighted by molar-refractivity contribution is -0.139. The summed E-state index contributed by atoms with van der Waals surface area (Å²) in [5.41, 5.74) is 3.18. The number of esters is 1. The molecule has 0 unspecified atom stereocenters. The van der Waals surface area contributed by atoms with Crippen LogP contribution in [0.5, 0.6) is 5.75 Å². The highest BCUT2D eigenvalue weighted by atomic mass is 16.5. The fraction of sp³-hybridized carbons (Fsp3) is 0.379. The van der Waals surface area contributed by atoms with Gasteiger partial charge in [-0.3, -0.25) is 19.2 Å². The van der Waals surface area contributed by atoms with Crippen LogP contribution in [0, 0.1) is 36.5 Å². The Morgan fingerprint density at radius 3 is 2.25 bits per heavy atom. The molecule has 2 aromatic carbocycles. The Morgan fingerprint density at radius 1 is 0.972 bits per heavy atom. The van der Waals surface area contributed by atoms with Crippen LogP contribution in [0.15, 0.2) is 54.6 Å². The highest BCUT2D eigenvalue weighted by Gasteiger charge is 2.59. The summed E-state index contributed by atoms with van der Waals surface area (Å²) in [6, 6.07) is 12.7. The maximum absolute atomic E-state index is 13.1. The topological polar surface area (TPSA) is 84.0 Å². The van der Waals surface area contributed by atoms with E-state index in [4.69, 9.17) is 4.74 Å². The third kappa shape index (κ3) is 3.48. The molecule has 2 aromatic rings. The van der Waals surface area contributed by atoms with Crippen molar-refractivity contribution in [3.8, 4) is 5.75 Å². The summed E-state index contributed by atoms with van der Waals surface area (Å²) in [6.07, 6.45) is 6.05. The first-order valence-electron chi connectivity index (χ1n) is 12.6. The molecule has 3 amide bonds. The van der Waals surface area contributed by atoms with Gasteiger partial charge in [-0.05, 0) is 73.1 Å². The summed E-state index contributed by atoms with van der Waals surface area (Å²) >= 11 is 0. The number of allylic oxidation sites excluding steroid dienone is 2. The zero-order valence-corrected chi connectivity index (χ0v) is 20.3. The average molecular weight is 485 g/mol. The lowest BCUT2D eigenvalue weighted by atomic mass is 9.85. The van der Waals surface area contributed by atoms with E-state index in [9.17, 15) is 19.2 Å². The molecule has 0 radical (unpaired) electrons. The van der Waals surface area contributed by atoms with Crippen LogP contribution in [0.1, 0.15) is 30.9 Å². The molecule has 2 saturated heterocycles. The van der Waals surface area contributed by atoms with E-state index in [0.717, 1.165) is 18.5 Å². The molecule has 6 rings (SSSR count). The number of nitrogens with zero attached hydrogens (tertiary/aromatic N) is 2. The molecule has 0 spiro atoms. The molecule has 4 aliphatic rings. The van der Waals surface area contributed by atoms with Gasteiger partial charge in [0.05, 0.1) is 23.4 Å². The van der Waals surface area contributed by atoms with Gasteiger partial charge in [0.15, 0.2) is 0 Å². The van der Waals surface area contributed by atoms with Gasteiger partial charge in [-0.15, -0.1) is 0 Å². The van der Waals surface area contributed by atoms with E-state index >= 15 is 0 Å². The van der Waals surface area contributed by atoms with Crippen molar-refractivity contribution in [2.24, 2.45) is 29.6 Å². The van der Waals surface area contributed by atoms with Crippen molar-refractivity contribution < 1.29 is 23.9 Å². The third-order valence-electron chi connectivity index (χ3n) is 8.21. The monoisotopic (exact) mass is 484 g/mol. The summed E-state index contributed by atoms with van der Waals surface area (Å²) in [5, 5.41) is 0. The van der Waals surface area contributed by atoms with Crippen molar-refractivity contribution in [2.45, 2.75) is 33.1 Å². The predicted molar refractivity (Wildman–Crippen MR) is 133 cm³/mol. The molecule has 184 valence electrons. The van der Waals surface area contributed by atoms with E-state index in [2.05, 4.69) is 19.1 Å². The molecular formula is C29H28N2O5. The second kappa shape index (κ2) is 8.43. The standard InChI is InChI=1S/C29H28N2O5/c1-3-17-4-8-21(9-5-17)30-15-20(14-24(30)32)29(35)36-22-10-11-23(16(2)12-22)31-27(33)25-18-6-7-19(13-18)26(25)28(31)34/h4-12,18-20,25-26H,3,13-15H2,1-2H3/t18-,19-,20+,25-,26-/m0/s1. The summed E-state index contributed by atoms with van der Waals surface area (Å²) in [7, 11) is 0. The Hall–Kier alpha value is -3.74. The first-order chi connectivity index (χ1) is 17.4. The van der Waals surface area contributed by atoms with Gasteiger partial charge in [0, 0.05) is 18.7 Å². The fourth-order valence-electron chi connectivity index (χ4n) is 6.31. The Labute approximate surface area is 209 Å². The molecule has 7 nitrogen and oxygen atoms in total. The number of rotatable bonds is 5. The Kier molecular flexibility index (Phi) is 5.32. The molecule has 2 heterocycles. The van der Waals surface area contributed by atoms with Crippen molar-refractivity contribution in [3.63, 3.8) is 0 Å². The Morgan fingerprint density at radius 2 is 1.64 bits per heavy atom. The molecule has 3 fully saturated rings. The van der Waals surface area contributed by atoms with E-state index in [0.29, 0.717) is 17.0 Å². The maximum atomic E-state index is 13.1. The van der Waals surface area contributed by atoms with E-state index in [1.165, 1.54) is 10.5 Å². The Balaban J connectivity index is 1.14. The molecule has 1 saturated carbocycles. The number of hydrogen-bond donors (Lipinski definition) is 0. The van der Waals surface area contributed by atoms with Crippen LogP contribution >= 0.6 is 0 Å². The minimum atomic E-state index is -0.563. The summed E-state index contributed by atoms with van der Waals surface area (Å²) < 4.78 is 5.62. The molecule has 0 aromatic heterocycles. The number of hydrogen-bond acceptors (Lipinski definition) is 5. The van der Waals surface area contributed by atoms with E-state index in [-0.39, 0.29) is 54.4 Å². The highest BCUT2D eigenvalue weighted by Crippen LogP contribution is 2.53. The lowest BCUT2D eigenvalue weighted by Gasteiger charge is -2.20. The minimum Gasteiger partial charge on any atom is -0.426 e. The van der Waals surface area contributed by atoms with Gasteiger partial charge in [0.2, 0.25) is 17.7 Å². The second-order valence-corrected chi connectivity index (χ2v) is 10.3. The number of carbonyl (C=O) groups is 4. The number of amides is 3. The van der Waals surface area contributed by atoms with Gasteiger partial charge in [-0.2, -0.15) is 0 Å². The number of imide groups is 1. The van der Waals surface area contributed by atoms with Crippen LogP contribution in [0.3, 0.4) is 0 Å². The molecule has 7 heteroatoms. The smallest absolute Gasteiger partial charge is 0.316 e. The van der Waals surface area contributed by atoms with Gasteiger partial charge in [-0.25, -0.2) is 4.90 Å². The van der Waals surface area contributed by atoms with Crippen molar-refractivity contribution in [1.82, 2.24) is 0 Å². The quantitative estimate of drug-likeness (QED) is 0.279. The number of carbonyl (C=O) groups excluding carboxylic acids is 4. The highest BCUT2D eigenvalue weighted by molar-refractivity contribution is 6.23. The first-order valence-corrected chi connectivity index (χ1v) is 12.6. The van der Waals surface area contributed by atoms with Crippen molar-refractivity contribution in [3.05, 3.63) is 65.7 Å². The molecule has 36 heavy (non-hydrogen) atoms. The van der Waals surface area contributed by atoms with E-state index in [1.54, 1.807) is 30.0 Å². The molecule has 0 N–H and O–H groups in total. The number of ether oxygens (including phenoxy) is 1. The number of anilines is 2. The Bertz CT molecular complexity index is 1280. The normalized spacial score (nSPS) is 28.4. The summed E-state index contributed by atoms with van der Waals surface area (Å²) in [5.74, 6) is -1.27. The van der Waals surface area contributed by atoms with Crippen molar-refractivity contribution in [1.29, 1.82) is 0 Å². The van der Waals surface area contributed by atoms with Crippen LogP contribution in [0.4, 0.5) is 11.4 Å². The number of benzene rings is 2. The molecule has 2 aliphatic heterocycles. The predicted octanol–water partition coefficient (Wildman–Crippen LogP) is 3.83. The molecule has 5 atom stereocenters. The molecule has 2 aliphatic carbocycles. The van der Waals surface area contributed by atoms with Gasteiger partial charge < -0.3 is 9.64 Å². The molecule has 2 bridgehead atoms. The second-order valence-electron chi connectivity index (χ2n) is 10.3. The van der Waals surface area contributed by atoms with Crippen LogP contribution in [0.2, 0.25) is 0 Å². The summed E-state index contributed by atoms with van der Waals surface area (Å²) in [6.45, 7) is 4.15. The number of fused-ring (bicyclic) bond motifs is 5. The zero-order valence-electron chi connectivity index (χ0n) is 20.3. The van der Waals surface area contributed by atoms with Crippen LogP contribution < -0.4 is 14.5 Å². The zero-order chi connectivity index (χ0) is 25.1. The third-order valence-corrected chi connectivity index (χ3v) is 8.21. The summed E-state index contributed by atoms with van der Waals surface area (Å²) in [4.78, 5) is 54.7. The first kappa shape index (κ1) is 22.7. The van der Waals surface area contributed by atoms with Gasteiger partial charge in [0.25, 0.3) is 0 Å². The SMILES string of the molecule is CCc1ccc(N2C[C@H](C(=O)Oc3ccc(N4C(=O)[C@@H]5[C@@H](C4=O)[C@H]4C=C[C@H]5C4)c(C)c3)CC2=O)cc1. The minimum absolute atomic E-state index is 0.0986. The van der Waals surface area contributed by atoms with E-state index in [1.807, 2.05) is 24.3 Å². The number of aryl methyl sites for hydroxylation is 2. The lowest BCUT2D eigenvalue weighted by Crippen LogP contribution is -2.33. The van der Waals surface area contributed by atoms with Gasteiger partial charge in [0.1, 0.15) is 5.75 Å². The maximum Gasteiger partial charge on any atom is 0.316 e.